The predicted molar refractivity (Wildman–Crippen MR) is 109 cm³/mol. The minimum Gasteiger partial charge on any atom is -0.491 e. The SMILES string of the molecule is CCCc1cnc(-c2ccc(-c3ccc(OCCOCC)cc3)cc2)nc1. The van der Waals surface area contributed by atoms with Crippen LogP contribution in [0.3, 0.4) is 0 Å². The minimum atomic E-state index is 0.568. The molecule has 0 fully saturated rings. The third kappa shape index (κ3) is 5.38. The van der Waals surface area contributed by atoms with Crippen LogP contribution in [0.15, 0.2) is 60.9 Å². The second-order valence-electron chi connectivity index (χ2n) is 6.31. The fourth-order valence-corrected chi connectivity index (χ4v) is 2.84. The molecule has 0 aliphatic carbocycles. The summed E-state index contributed by atoms with van der Waals surface area (Å²) in [6.45, 7) is 6.03. The van der Waals surface area contributed by atoms with Gasteiger partial charge in [0.1, 0.15) is 12.4 Å². The first-order chi connectivity index (χ1) is 13.3. The van der Waals surface area contributed by atoms with Gasteiger partial charge in [-0.3, -0.25) is 0 Å². The maximum atomic E-state index is 5.66. The summed E-state index contributed by atoms with van der Waals surface area (Å²) in [5.41, 5.74) is 4.51. The number of hydrogen-bond donors (Lipinski definition) is 0. The molecule has 0 aliphatic heterocycles. The Morgan fingerprint density at radius 2 is 1.33 bits per heavy atom. The summed E-state index contributed by atoms with van der Waals surface area (Å²) in [5, 5.41) is 0. The fourth-order valence-electron chi connectivity index (χ4n) is 2.84. The van der Waals surface area contributed by atoms with E-state index < -0.39 is 0 Å². The van der Waals surface area contributed by atoms with E-state index in [4.69, 9.17) is 9.47 Å². The van der Waals surface area contributed by atoms with Crippen molar-refractivity contribution >= 4 is 0 Å². The third-order valence-electron chi connectivity index (χ3n) is 4.28. The van der Waals surface area contributed by atoms with Gasteiger partial charge < -0.3 is 9.47 Å². The van der Waals surface area contributed by atoms with Crippen molar-refractivity contribution in [1.82, 2.24) is 9.97 Å². The molecule has 0 aliphatic rings. The van der Waals surface area contributed by atoms with Crippen LogP contribution in [0.25, 0.3) is 22.5 Å². The molecule has 0 N–H and O–H groups in total. The van der Waals surface area contributed by atoms with E-state index in [2.05, 4.69) is 53.3 Å². The standard InChI is InChI=1S/C23H26N2O2/c1-3-5-18-16-24-23(25-17-18)21-8-6-19(7-9-21)20-10-12-22(13-11-20)27-15-14-26-4-2/h6-13,16-17H,3-5,14-15H2,1-2H3. The zero-order valence-electron chi connectivity index (χ0n) is 16.0. The van der Waals surface area contributed by atoms with Gasteiger partial charge in [-0.25, -0.2) is 9.97 Å². The molecule has 140 valence electrons. The van der Waals surface area contributed by atoms with Crippen LogP contribution in [0.5, 0.6) is 5.75 Å². The normalized spacial score (nSPS) is 10.7. The lowest BCUT2D eigenvalue weighted by Gasteiger charge is -2.08. The lowest BCUT2D eigenvalue weighted by molar-refractivity contribution is 0.110. The number of aromatic nitrogens is 2. The van der Waals surface area contributed by atoms with Crippen LogP contribution < -0.4 is 4.74 Å². The Labute approximate surface area is 161 Å². The van der Waals surface area contributed by atoms with Gasteiger partial charge in [0.2, 0.25) is 0 Å². The highest BCUT2D eigenvalue weighted by Gasteiger charge is 2.04. The van der Waals surface area contributed by atoms with Crippen molar-refractivity contribution in [3.63, 3.8) is 0 Å². The van der Waals surface area contributed by atoms with E-state index in [-0.39, 0.29) is 0 Å². The molecule has 3 aromatic rings. The van der Waals surface area contributed by atoms with Crippen molar-refractivity contribution in [2.75, 3.05) is 19.8 Å². The van der Waals surface area contributed by atoms with Crippen LogP contribution in [0.4, 0.5) is 0 Å². The van der Waals surface area contributed by atoms with Crippen LogP contribution >= 0.6 is 0 Å². The largest absolute Gasteiger partial charge is 0.491 e. The average molecular weight is 362 g/mol. The first-order valence-corrected chi connectivity index (χ1v) is 9.52. The zero-order chi connectivity index (χ0) is 18.9. The van der Waals surface area contributed by atoms with E-state index >= 15 is 0 Å². The maximum Gasteiger partial charge on any atom is 0.159 e. The second kappa shape index (κ2) is 9.83. The molecule has 0 saturated heterocycles. The molecule has 4 heteroatoms. The summed E-state index contributed by atoms with van der Waals surface area (Å²) in [6, 6.07) is 16.5. The van der Waals surface area contributed by atoms with Gasteiger partial charge in [0, 0.05) is 24.6 Å². The topological polar surface area (TPSA) is 44.2 Å². The van der Waals surface area contributed by atoms with Crippen molar-refractivity contribution in [3.05, 3.63) is 66.5 Å². The maximum absolute atomic E-state index is 5.66. The Bertz CT molecular complexity index is 813. The lowest BCUT2D eigenvalue weighted by Crippen LogP contribution is -2.06. The molecule has 0 amide bonds. The van der Waals surface area contributed by atoms with E-state index in [0.717, 1.165) is 41.1 Å². The smallest absolute Gasteiger partial charge is 0.159 e. The van der Waals surface area contributed by atoms with Crippen LogP contribution in [-0.4, -0.2) is 29.8 Å². The van der Waals surface area contributed by atoms with Gasteiger partial charge in [0.25, 0.3) is 0 Å². The highest BCUT2D eigenvalue weighted by atomic mass is 16.5. The Morgan fingerprint density at radius 1 is 0.741 bits per heavy atom. The predicted octanol–water partition coefficient (Wildman–Crippen LogP) is 5.18. The van der Waals surface area contributed by atoms with Gasteiger partial charge in [-0.05, 0) is 42.2 Å². The first kappa shape index (κ1) is 19.1. The minimum absolute atomic E-state index is 0.568. The monoisotopic (exact) mass is 362 g/mol. The first-order valence-electron chi connectivity index (χ1n) is 9.52. The molecule has 0 radical (unpaired) electrons. The highest BCUT2D eigenvalue weighted by molar-refractivity contribution is 5.68. The molecule has 1 aromatic heterocycles. The summed E-state index contributed by atoms with van der Waals surface area (Å²) >= 11 is 0. The Hall–Kier alpha value is -2.72. The van der Waals surface area contributed by atoms with E-state index in [1.165, 1.54) is 5.56 Å². The zero-order valence-corrected chi connectivity index (χ0v) is 16.0. The number of hydrogen-bond acceptors (Lipinski definition) is 4. The molecule has 1 heterocycles. The molecule has 0 spiro atoms. The Kier molecular flexibility index (Phi) is 6.94. The number of ether oxygens (including phenoxy) is 2. The van der Waals surface area contributed by atoms with E-state index in [9.17, 15) is 0 Å². The van der Waals surface area contributed by atoms with Crippen LogP contribution in [0.2, 0.25) is 0 Å². The van der Waals surface area contributed by atoms with Gasteiger partial charge in [-0.15, -0.1) is 0 Å². The molecular formula is C23H26N2O2. The molecule has 3 rings (SSSR count). The Morgan fingerprint density at radius 3 is 1.93 bits per heavy atom. The summed E-state index contributed by atoms with van der Waals surface area (Å²) < 4.78 is 10.9. The van der Waals surface area contributed by atoms with E-state index in [0.29, 0.717) is 19.8 Å². The number of nitrogens with zero attached hydrogens (tertiary/aromatic N) is 2. The molecular weight excluding hydrogens is 336 g/mol. The van der Waals surface area contributed by atoms with Crippen LogP contribution in [0, 0.1) is 0 Å². The van der Waals surface area contributed by atoms with Crippen molar-refractivity contribution < 1.29 is 9.47 Å². The molecule has 2 aromatic carbocycles. The summed E-state index contributed by atoms with van der Waals surface area (Å²) in [6.07, 6.45) is 5.96. The van der Waals surface area contributed by atoms with E-state index in [1.54, 1.807) is 0 Å². The molecule has 0 unspecified atom stereocenters. The average Bonchev–Trinajstić information content (AvgIpc) is 2.73. The van der Waals surface area contributed by atoms with Crippen molar-refractivity contribution in [3.8, 4) is 28.3 Å². The van der Waals surface area contributed by atoms with Gasteiger partial charge in [0.05, 0.1) is 6.61 Å². The van der Waals surface area contributed by atoms with Crippen molar-refractivity contribution in [2.45, 2.75) is 26.7 Å². The molecule has 0 saturated carbocycles. The summed E-state index contributed by atoms with van der Waals surface area (Å²) in [4.78, 5) is 8.97. The highest BCUT2D eigenvalue weighted by Crippen LogP contribution is 2.25. The quantitative estimate of drug-likeness (QED) is 0.492. The molecule has 27 heavy (non-hydrogen) atoms. The van der Waals surface area contributed by atoms with Crippen LogP contribution in [-0.2, 0) is 11.2 Å². The van der Waals surface area contributed by atoms with Crippen molar-refractivity contribution in [2.24, 2.45) is 0 Å². The van der Waals surface area contributed by atoms with Gasteiger partial charge >= 0.3 is 0 Å². The third-order valence-corrected chi connectivity index (χ3v) is 4.28. The lowest BCUT2D eigenvalue weighted by atomic mass is 10.0. The molecule has 0 bridgehead atoms. The number of aryl methyl sites for hydroxylation is 1. The Balaban J connectivity index is 1.64. The van der Waals surface area contributed by atoms with Gasteiger partial charge in [-0.1, -0.05) is 49.7 Å². The fraction of sp³-hybridized carbons (Fsp3) is 0.304. The van der Waals surface area contributed by atoms with Gasteiger partial charge in [-0.2, -0.15) is 0 Å². The molecule has 0 atom stereocenters. The van der Waals surface area contributed by atoms with Gasteiger partial charge in [0.15, 0.2) is 5.82 Å². The van der Waals surface area contributed by atoms with Crippen molar-refractivity contribution in [1.29, 1.82) is 0 Å². The number of rotatable bonds is 9. The summed E-state index contributed by atoms with van der Waals surface area (Å²) in [5.74, 6) is 1.62. The second-order valence-corrected chi connectivity index (χ2v) is 6.31. The molecule has 4 nitrogen and oxygen atoms in total. The van der Waals surface area contributed by atoms with Crippen LogP contribution in [0.1, 0.15) is 25.8 Å². The number of benzene rings is 2. The van der Waals surface area contributed by atoms with E-state index in [1.807, 2.05) is 31.5 Å². The summed E-state index contributed by atoms with van der Waals surface area (Å²) in [7, 11) is 0.